The summed E-state index contributed by atoms with van der Waals surface area (Å²) in [6.45, 7) is 4.41. The van der Waals surface area contributed by atoms with E-state index in [0.29, 0.717) is 11.4 Å². The van der Waals surface area contributed by atoms with Crippen molar-refractivity contribution in [3.63, 3.8) is 0 Å². The molecule has 1 unspecified atom stereocenters. The summed E-state index contributed by atoms with van der Waals surface area (Å²) in [5, 5.41) is 4.14. The van der Waals surface area contributed by atoms with E-state index in [9.17, 15) is 8.42 Å². The van der Waals surface area contributed by atoms with Gasteiger partial charge in [0.1, 0.15) is 0 Å². The number of benzene rings is 2. The van der Waals surface area contributed by atoms with Gasteiger partial charge in [0.2, 0.25) is 0 Å². The van der Waals surface area contributed by atoms with Gasteiger partial charge in [-0.1, -0.05) is 42.8 Å². The highest BCUT2D eigenvalue weighted by molar-refractivity contribution is 7.91. The zero-order valence-electron chi connectivity index (χ0n) is 12.7. The molecule has 2 rings (SSSR count). The average Bonchev–Trinajstić information content (AvgIpc) is 2.53. The van der Waals surface area contributed by atoms with Crippen LogP contribution < -0.4 is 5.32 Å². The maximum absolute atomic E-state index is 11.8. The third-order valence-electron chi connectivity index (χ3n) is 3.64. The first-order valence-corrected chi connectivity index (χ1v) is 9.26. The summed E-state index contributed by atoms with van der Waals surface area (Å²) in [4.78, 5) is 0.379. The summed E-state index contributed by atoms with van der Waals surface area (Å²) < 4.78 is 23.5. The Kier molecular flexibility index (Phi) is 5.62. The van der Waals surface area contributed by atoms with E-state index in [1.54, 1.807) is 19.1 Å². The minimum atomic E-state index is -3.13. The zero-order chi connectivity index (χ0) is 16.2. The highest BCUT2D eigenvalue weighted by atomic mass is 35.5. The molecule has 0 spiro atoms. The highest BCUT2D eigenvalue weighted by Crippen LogP contribution is 2.17. The summed E-state index contributed by atoms with van der Waals surface area (Å²) in [6.07, 6.45) is 0. The van der Waals surface area contributed by atoms with Gasteiger partial charge in [0, 0.05) is 17.6 Å². The van der Waals surface area contributed by atoms with Crippen LogP contribution in [0.2, 0.25) is 5.02 Å². The normalized spacial score (nSPS) is 13.0. The molecule has 5 heteroatoms. The molecule has 0 aliphatic rings. The minimum absolute atomic E-state index is 0.123. The Morgan fingerprint density at radius 1 is 1.05 bits per heavy atom. The quantitative estimate of drug-likeness (QED) is 0.867. The van der Waals surface area contributed by atoms with Gasteiger partial charge in [-0.15, -0.1) is 0 Å². The number of halogens is 1. The van der Waals surface area contributed by atoms with Gasteiger partial charge < -0.3 is 5.32 Å². The van der Waals surface area contributed by atoms with Crippen molar-refractivity contribution in [3.05, 3.63) is 64.7 Å². The second kappa shape index (κ2) is 7.27. The molecule has 2 aromatic carbocycles. The van der Waals surface area contributed by atoms with Crippen LogP contribution in [-0.4, -0.2) is 14.2 Å². The van der Waals surface area contributed by atoms with Crippen molar-refractivity contribution in [1.29, 1.82) is 0 Å². The molecular weight excluding hydrogens is 318 g/mol. The smallest absolute Gasteiger partial charge is 0.178 e. The van der Waals surface area contributed by atoms with E-state index in [4.69, 9.17) is 11.6 Å². The summed E-state index contributed by atoms with van der Waals surface area (Å²) in [5.41, 5.74) is 2.21. The Labute approximate surface area is 137 Å². The van der Waals surface area contributed by atoms with E-state index in [-0.39, 0.29) is 11.8 Å². The Bertz CT molecular complexity index is 709. The van der Waals surface area contributed by atoms with Crippen molar-refractivity contribution in [2.75, 3.05) is 5.75 Å². The lowest BCUT2D eigenvalue weighted by Gasteiger charge is -2.14. The van der Waals surface area contributed by atoms with Crippen molar-refractivity contribution in [3.8, 4) is 0 Å². The van der Waals surface area contributed by atoms with Crippen molar-refractivity contribution < 1.29 is 8.42 Å². The highest BCUT2D eigenvalue weighted by Gasteiger charge is 2.11. The molecule has 0 fully saturated rings. The van der Waals surface area contributed by atoms with E-state index in [2.05, 4.69) is 12.2 Å². The molecule has 0 amide bonds. The van der Waals surface area contributed by atoms with Crippen LogP contribution >= 0.6 is 11.6 Å². The van der Waals surface area contributed by atoms with Crippen molar-refractivity contribution in [2.24, 2.45) is 0 Å². The summed E-state index contributed by atoms with van der Waals surface area (Å²) >= 11 is 5.88. The Morgan fingerprint density at radius 3 is 2.18 bits per heavy atom. The SMILES string of the molecule is CCS(=O)(=O)c1ccc(CNC(C)c2ccc(Cl)cc2)cc1. The first-order valence-electron chi connectivity index (χ1n) is 7.23. The molecule has 0 saturated heterocycles. The number of nitrogens with one attached hydrogen (secondary N) is 1. The topological polar surface area (TPSA) is 46.2 Å². The number of hydrogen-bond donors (Lipinski definition) is 1. The predicted octanol–water partition coefficient (Wildman–Crippen LogP) is 3.98. The van der Waals surface area contributed by atoms with Crippen LogP contribution in [0.1, 0.15) is 31.0 Å². The fourth-order valence-electron chi connectivity index (χ4n) is 2.12. The number of hydrogen-bond acceptors (Lipinski definition) is 3. The summed E-state index contributed by atoms with van der Waals surface area (Å²) in [7, 11) is -3.13. The first-order chi connectivity index (χ1) is 10.4. The molecular formula is C17H20ClNO2S. The maximum atomic E-state index is 11.8. The van der Waals surface area contributed by atoms with Crippen molar-refractivity contribution in [2.45, 2.75) is 31.3 Å². The van der Waals surface area contributed by atoms with Crippen LogP contribution in [0.4, 0.5) is 0 Å². The molecule has 1 N–H and O–H groups in total. The van der Waals surface area contributed by atoms with Gasteiger partial charge in [-0.05, 0) is 42.3 Å². The number of rotatable bonds is 6. The predicted molar refractivity (Wildman–Crippen MR) is 90.9 cm³/mol. The minimum Gasteiger partial charge on any atom is -0.306 e. The molecule has 0 heterocycles. The molecule has 2 aromatic rings. The van der Waals surface area contributed by atoms with Crippen LogP contribution in [0, 0.1) is 0 Å². The molecule has 118 valence electrons. The third-order valence-corrected chi connectivity index (χ3v) is 5.65. The lowest BCUT2D eigenvalue weighted by atomic mass is 10.1. The van der Waals surface area contributed by atoms with E-state index in [0.717, 1.165) is 16.1 Å². The fraction of sp³-hybridized carbons (Fsp3) is 0.294. The third kappa shape index (κ3) is 4.32. The lowest BCUT2D eigenvalue weighted by Crippen LogP contribution is -2.18. The van der Waals surface area contributed by atoms with Crippen molar-refractivity contribution >= 4 is 21.4 Å². The summed E-state index contributed by atoms with van der Waals surface area (Å²) in [6, 6.07) is 15.0. The van der Waals surface area contributed by atoms with E-state index >= 15 is 0 Å². The molecule has 0 aliphatic heterocycles. The Balaban J connectivity index is 1.98. The van der Waals surface area contributed by atoms with Crippen LogP contribution in [0.25, 0.3) is 0 Å². The van der Waals surface area contributed by atoms with Gasteiger partial charge in [-0.25, -0.2) is 8.42 Å². The Morgan fingerprint density at radius 2 is 1.64 bits per heavy atom. The van der Waals surface area contributed by atoms with Gasteiger partial charge in [-0.2, -0.15) is 0 Å². The standard InChI is InChI=1S/C17H20ClNO2S/c1-3-22(20,21)17-10-4-14(5-11-17)12-19-13(2)15-6-8-16(18)9-7-15/h4-11,13,19H,3,12H2,1-2H3. The molecule has 22 heavy (non-hydrogen) atoms. The molecule has 0 bridgehead atoms. The molecule has 3 nitrogen and oxygen atoms in total. The monoisotopic (exact) mass is 337 g/mol. The second-order valence-corrected chi connectivity index (χ2v) is 7.92. The van der Waals surface area contributed by atoms with Gasteiger partial charge in [-0.3, -0.25) is 0 Å². The van der Waals surface area contributed by atoms with Gasteiger partial charge in [0.25, 0.3) is 0 Å². The largest absolute Gasteiger partial charge is 0.306 e. The van der Waals surface area contributed by atoms with Gasteiger partial charge in [0.15, 0.2) is 9.84 Å². The molecule has 0 aromatic heterocycles. The van der Waals surface area contributed by atoms with E-state index in [1.807, 2.05) is 36.4 Å². The summed E-state index contributed by atoms with van der Waals surface area (Å²) in [5.74, 6) is 0.123. The average molecular weight is 338 g/mol. The first kappa shape index (κ1) is 17.0. The molecule has 1 atom stereocenters. The van der Waals surface area contributed by atoms with E-state index < -0.39 is 9.84 Å². The maximum Gasteiger partial charge on any atom is 0.178 e. The zero-order valence-corrected chi connectivity index (χ0v) is 14.3. The second-order valence-electron chi connectivity index (χ2n) is 5.20. The van der Waals surface area contributed by atoms with E-state index in [1.165, 1.54) is 0 Å². The van der Waals surface area contributed by atoms with Crippen LogP contribution in [-0.2, 0) is 16.4 Å². The van der Waals surface area contributed by atoms with Crippen LogP contribution in [0.5, 0.6) is 0 Å². The molecule has 0 aliphatic carbocycles. The Hall–Kier alpha value is -1.36. The van der Waals surface area contributed by atoms with Crippen molar-refractivity contribution in [1.82, 2.24) is 5.32 Å². The van der Waals surface area contributed by atoms with Gasteiger partial charge >= 0.3 is 0 Å². The molecule has 0 radical (unpaired) electrons. The van der Waals surface area contributed by atoms with Crippen LogP contribution in [0.3, 0.4) is 0 Å². The molecule has 0 saturated carbocycles. The lowest BCUT2D eigenvalue weighted by molar-refractivity contribution is 0.574. The number of sulfone groups is 1. The van der Waals surface area contributed by atoms with Crippen LogP contribution in [0.15, 0.2) is 53.4 Å². The fourth-order valence-corrected chi connectivity index (χ4v) is 3.13. The van der Waals surface area contributed by atoms with Gasteiger partial charge in [0.05, 0.1) is 10.6 Å².